The van der Waals surface area contributed by atoms with Crippen LogP contribution in [-0.4, -0.2) is 46.5 Å². The molecule has 2 aliphatic carbocycles. The zero-order chi connectivity index (χ0) is 64.8. The Hall–Kier alpha value is -7.44. The number of benzene rings is 9. The highest BCUT2D eigenvalue weighted by Crippen LogP contribution is 2.57. The first-order valence-corrected chi connectivity index (χ1v) is 37.6. The van der Waals surface area contributed by atoms with E-state index >= 15 is 0 Å². The molecule has 13 rings (SSSR count). The minimum absolute atomic E-state index is 0.00527. The molecular formula is C88H102N2O4. The third-order valence-corrected chi connectivity index (χ3v) is 23.0. The van der Waals surface area contributed by atoms with E-state index < -0.39 is 0 Å². The number of unbranched alkanes of at least 4 members (excludes halogenated alkanes) is 20. The number of hydrogen-bond acceptors (Lipinski definition) is 4. The minimum Gasteiger partial charge on any atom is -0.274 e. The lowest BCUT2D eigenvalue weighted by Gasteiger charge is -2.33. The molecule has 0 radical (unpaired) electrons. The van der Waals surface area contributed by atoms with E-state index in [0.29, 0.717) is 59.0 Å². The van der Waals surface area contributed by atoms with Gasteiger partial charge in [-0.3, -0.25) is 29.0 Å². The van der Waals surface area contributed by atoms with E-state index in [2.05, 4.69) is 113 Å². The third kappa shape index (κ3) is 12.1. The van der Waals surface area contributed by atoms with Crippen molar-refractivity contribution in [2.75, 3.05) is 13.1 Å². The van der Waals surface area contributed by atoms with Gasteiger partial charge in [0.1, 0.15) is 0 Å². The van der Waals surface area contributed by atoms with Crippen molar-refractivity contribution < 1.29 is 19.2 Å². The number of imide groups is 2. The highest BCUT2D eigenvalue weighted by Gasteiger charge is 2.44. The highest BCUT2D eigenvalue weighted by atomic mass is 16.2. The third-order valence-electron chi connectivity index (χ3n) is 23.0. The largest absolute Gasteiger partial charge is 0.274 e. The Bertz CT molecular complexity index is 3820. The average molecular weight is 1250 g/mol. The maximum atomic E-state index is 14.8. The van der Waals surface area contributed by atoms with Crippen LogP contribution in [0.25, 0.3) is 65.3 Å². The lowest BCUT2D eigenvalue weighted by atomic mass is 9.70. The van der Waals surface area contributed by atoms with Crippen molar-refractivity contribution in [1.82, 2.24) is 9.80 Å². The second-order valence-corrected chi connectivity index (χ2v) is 29.0. The molecule has 0 N–H and O–H groups in total. The van der Waals surface area contributed by atoms with Crippen molar-refractivity contribution in [3.8, 4) is 22.3 Å². The SMILES string of the molecule is CCCCCCCCC1(CCCCCCCC)c2ccccc2-c2ccc(CCCN3C(=O)c4ccc5c6ccc7c8c(ccc(c9ccc(c4c59)C3=O)c86)C(=O)N(CCCc3ccc4c(c3)C(CCCCCCCC)(CCCCCCCC)c3ccccc3-4)C7=O)cc21. The van der Waals surface area contributed by atoms with Gasteiger partial charge in [0.15, 0.2) is 0 Å². The van der Waals surface area contributed by atoms with Gasteiger partial charge in [-0.05, 0) is 164 Å². The number of rotatable bonds is 36. The Kier molecular flexibility index (Phi) is 20.3. The van der Waals surface area contributed by atoms with E-state index in [1.54, 1.807) is 0 Å². The Morgan fingerprint density at radius 2 is 0.543 bits per heavy atom. The molecule has 0 bridgehead atoms. The molecule has 0 saturated heterocycles. The first-order valence-electron chi connectivity index (χ1n) is 37.6. The van der Waals surface area contributed by atoms with Crippen LogP contribution >= 0.6 is 0 Å². The van der Waals surface area contributed by atoms with Crippen LogP contribution in [0.15, 0.2) is 133 Å². The lowest BCUT2D eigenvalue weighted by Crippen LogP contribution is -2.41. The maximum absolute atomic E-state index is 14.8. The van der Waals surface area contributed by atoms with Gasteiger partial charge in [-0.25, -0.2) is 0 Å². The maximum Gasteiger partial charge on any atom is 0.261 e. The Morgan fingerprint density at radius 1 is 0.266 bits per heavy atom. The predicted molar refractivity (Wildman–Crippen MR) is 392 cm³/mol. The highest BCUT2D eigenvalue weighted by molar-refractivity contribution is 6.41. The second-order valence-electron chi connectivity index (χ2n) is 29.0. The van der Waals surface area contributed by atoms with Crippen LogP contribution < -0.4 is 0 Å². The van der Waals surface area contributed by atoms with Crippen LogP contribution in [-0.2, 0) is 23.7 Å². The predicted octanol–water partition coefficient (Wildman–Crippen LogP) is 23.7. The fourth-order valence-corrected chi connectivity index (χ4v) is 18.1. The van der Waals surface area contributed by atoms with Gasteiger partial charge in [-0.1, -0.05) is 291 Å². The van der Waals surface area contributed by atoms with E-state index in [1.165, 1.54) is 245 Å². The molecule has 488 valence electrons. The van der Waals surface area contributed by atoms with Gasteiger partial charge < -0.3 is 0 Å². The lowest BCUT2D eigenvalue weighted by molar-refractivity contribution is 0.0593. The van der Waals surface area contributed by atoms with Gasteiger partial charge in [-0.15, -0.1) is 0 Å². The minimum atomic E-state index is -0.253. The van der Waals surface area contributed by atoms with E-state index in [-0.39, 0.29) is 34.5 Å². The van der Waals surface area contributed by atoms with Crippen LogP contribution in [0, 0.1) is 0 Å². The monoisotopic (exact) mass is 1250 g/mol. The van der Waals surface area contributed by atoms with Crippen molar-refractivity contribution in [1.29, 1.82) is 0 Å². The smallest absolute Gasteiger partial charge is 0.261 e. The van der Waals surface area contributed by atoms with Crippen molar-refractivity contribution in [3.63, 3.8) is 0 Å². The van der Waals surface area contributed by atoms with Crippen LogP contribution in [0.1, 0.15) is 295 Å². The quantitative estimate of drug-likeness (QED) is 0.0170. The molecule has 4 aliphatic rings. The van der Waals surface area contributed by atoms with Gasteiger partial charge in [-0.2, -0.15) is 0 Å². The molecule has 6 nitrogen and oxygen atoms in total. The van der Waals surface area contributed by atoms with Gasteiger partial charge >= 0.3 is 0 Å². The van der Waals surface area contributed by atoms with Gasteiger partial charge in [0.25, 0.3) is 23.6 Å². The summed E-state index contributed by atoms with van der Waals surface area (Å²) in [5.41, 5.74) is 16.2. The Morgan fingerprint density at radius 3 is 0.862 bits per heavy atom. The number of aryl methyl sites for hydroxylation is 2. The molecule has 2 heterocycles. The molecule has 6 heteroatoms. The topological polar surface area (TPSA) is 74.8 Å². The van der Waals surface area contributed by atoms with Crippen molar-refractivity contribution >= 4 is 66.7 Å². The number of carbonyl (C=O) groups excluding carboxylic acids is 4. The zero-order valence-corrected chi connectivity index (χ0v) is 57.3. The summed E-state index contributed by atoms with van der Waals surface area (Å²) >= 11 is 0. The summed E-state index contributed by atoms with van der Waals surface area (Å²) in [5.74, 6) is -1.01. The molecule has 0 saturated carbocycles. The molecule has 0 unspecified atom stereocenters. The van der Waals surface area contributed by atoms with Crippen molar-refractivity contribution in [3.05, 3.63) is 189 Å². The summed E-state index contributed by atoms with van der Waals surface area (Å²) in [5, 5.41) is 6.78. The van der Waals surface area contributed by atoms with Crippen LogP contribution in [0.5, 0.6) is 0 Å². The fourth-order valence-electron chi connectivity index (χ4n) is 18.1. The molecule has 0 aromatic heterocycles. The van der Waals surface area contributed by atoms with E-state index in [9.17, 15) is 19.2 Å². The van der Waals surface area contributed by atoms with Gasteiger partial charge in [0.05, 0.1) is 0 Å². The van der Waals surface area contributed by atoms with Gasteiger partial charge in [0, 0.05) is 56.9 Å². The van der Waals surface area contributed by atoms with Gasteiger partial charge in [0.2, 0.25) is 0 Å². The second kappa shape index (κ2) is 29.3. The molecule has 0 spiro atoms. The Labute approximate surface area is 561 Å². The van der Waals surface area contributed by atoms with Crippen LogP contribution in [0.2, 0.25) is 0 Å². The zero-order valence-electron chi connectivity index (χ0n) is 57.3. The molecule has 4 amide bonds. The molecule has 9 aromatic carbocycles. The molecule has 2 aliphatic heterocycles. The number of amides is 4. The first kappa shape index (κ1) is 65.2. The average Bonchev–Trinajstić information content (AvgIpc) is 0.976. The summed E-state index contributed by atoms with van der Waals surface area (Å²) in [6, 6.07) is 48.4. The number of carbonyl (C=O) groups is 4. The van der Waals surface area contributed by atoms with E-state index in [1.807, 2.05) is 48.5 Å². The fraction of sp³-hybridized carbons (Fsp3) is 0.455. The van der Waals surface area contributed by atoms with Crippen molar-refractivity contribution in [2.24, 2.45) is 0 Å². The summed E-state index contributed by atoms with van der Waals surface area (Å²) in [6.45, 7) is 9.83. The Balaban J connectivity index is 0.718. The molecule has 0 fully saturated rings. The molecule has 9 aromatic rings. The van der Waals surface area contributed by atoms with E-state index in [4.69, 9.17) is 0 Å². The van der Waals surface area contributed by atoms with E-state index in [0.717, 1.165) is 45.2 Å². The van der Waals surface area contributed by atoms with Crippen molar-refractivity contribution in [2.45, 2.75) is 244 Å². The van der Waals surface area contributed by atoms with Crippen LogP contribution in [0.3, 0.4) is 0 Å². The molecule has 94 heavy (non-hydrogen) atoms. The number of nitrogens with zero attached hydrogens (tertiary/aromatic N) is 2. The molecule has 0 atom stereocenters. The summed E-state index contributed by atoms with van der Waals surface area (Å²) in [6.07, 6.45) is 38.3. The molecular weight excluding hydrogens is 1150 g/mol. The first-order chi connectivity index (χ1) is 46.2. The standard InChI is InChI=1S/C88H102N2O4/c1-5-9-13-17-21-29-53-87(54-30-22-18-14-10-6-2)75-39-27-25-37-63(75)65-43-41-61(59-77(65)87)35-33-57-89-83(91)71-49-45-67-69-47-51-73-82-74(52-48-70(80(69)82)68-46-50-72(84(89)92)81(71)79(67)68)86(94)90(85(73)93)58-34-36-62-42-44-66-64-38-26-28-40-76(64)88(78(66)60-62,55-31-23-19-15-11-7-3)56-32-24-20-16-12-8-4/h25-28,37-52,59-60H,5-24,29-36,53-58H2,1-4H3. The summed E-state index contributed by atoms with van der Waals surface area (Å²) in [7, 11) is 0. The normalized spacial score (nSPS) is 15.0. The summed E-state index contributed by atoms with van der Waals surface area (Å²) in [4.78, 5) is 62.3. The van der Waals surface area contributed by atoms with Crippen LogP contribution in [0.4, 0.5) is 0 Å². The number of fused-ring (bicyclic) bond motifs is 8. The number of hydrogen-bond donors (Lipinski definition) is 0. The summed E-state index contributed by atoms with van der Waals surface area (Å²) < 4.78 is 0.